The fourth-order valence-corrected chi connectivity index (χ4v) is 3.47. The number of nitrogens with zero attached hydrogens (tertiary/aromatic N) is 1. The van der Waals surface area contributed by atoms with Crippen LogP contribution in [-0.2, 0) is 4.79 Å². The molecule has 2 nitrogen and oxygen atoms in total. The number of rotatable bonds is 15. The van der Waals surface area contributed by atoms with Crippen LogP contribution in [0.15, 0.2) is 12.2 Å². The minimum absolute atomic E-state index is 0.398. The monoisotopic (exact) mass is 335 g/mol. The van der Waals surface area contributed by atoms with Crippen molar-refractivity contribution in [2.24, 2.45) is 0 Å². The average Bonchev–Trinajstić information content (AvgIpc) is 3.13. The van der Waals surface area contributed by atoms with Crippen LogP contribution < -0.4 is 0 Å². The Balaban J connectivity index is 1.75. The highest BCUT2D eigenvalue weighted by atomic mass is 16.2. The van der Waals surface area contributed by atoms with Crippen molar-refractivity contribution in [1.82, 2.24) is 4.90 Å². The van der Waals surface area contributed by atoms with Crippen LogP contribution in [0.25, 0.3) is 0 Å². The van der Waals surface area contributed by atoms with Gasteiger partial charge in [-0.1, -0.05) is 70.4 Å². The van der Waals surface area contributed by atoms with E-state index in [2.05, 4.69) is 24.0 Å². The highest BCUT2D eigenvalue weighted by Gasteiger charge is 2.16. The Hall–Kier alpha value is -0.790. The number of hydrogen-bond acceptors (Lipinski definition) is 1. The number of carbonyl (C=O) groups is 1. The zero-order valence-corrected chi connectivity index (χ0v) is 16.2. The van der Waals surface area contributed by atoms with Crippen LogP contribution in [0.2, 0.25) is 0 Å². The highest BCUT2D eigenvalue weighted by Crippen LogP contribution is 2.14. The number of allylic oxidation sites excluding steroid dienone is 2. The molecule has 1 saturated heterocycles. The summed E-state index contributed by atoms with van der Waals surface area (Å²) in [5.41, 5.74) is 0. The summed E-state index contributed by atoms with van der Waals surface area (Å²) >= 11 is 0. The smallest absolute Gasteiger partial charge is 0.222 e. The predicted molar refractivity (Wildman–Crippen MR) is 105 cm³/mol. The second-order valence-electron chi connectivity index (χ2n) is 7.42. The SMILES string of the molecule is CCCCCC=CCCCCCCCCCCC(=O)N1CCCC1. The summed E-state index contributed by atoms with van der Waals surface area (Å²) in [4.78, 5) is 14.0. The van der Waals surface area contributed by atoms with Crippen molar-refractivity contribution >= 4 is 5.91 Å². The van der Waals surface area contributed by atoms with Gasteiger partial charge in [0.2, 0.25) is 5.91 Å². The standard InChI is InChI=1S/C22H41NO/c1-2-3-4-5-6-7-8-9-10-11-12-13-14-15-16-19-22(24)23-20-17-18-21-23/h6-7H,2-5,8-21H2,1H3. The number of likely N-dealkylation sites (tertiary alicyclic amines) is 1. The molecule has 0 spiro atoms. The molecule has 0 aromatic heterocycles. The molecule has 1 amide bonds. The third-order valence-corrected chi connectivity index (χ3v) is 5.11. The molecule has 0 unspecified atom stereocenters. The van der Waals surface area contributed by atoms with Gasteiger partial charge in [0.25, 0.3) is 0 Å². The van der Waals surface area contributed by atoms with Crippen molar-refractivity contribution in [2.45, 2.75) is 110 Å². The summed E-state index contributed by atoms with van der Waals surface area (Å²) in [7, 11) is 0. The predicted octanol–water partition coefficient (Wildman–Crippen LogP) is 6.65. The molecule has 140 valence electrons. The highest BCUT2D eigenvalue weighted by molar-refractivity contribution is 5.76. The number of carbonyl (C=O) groups excluding carboxylic acids is 1. The van der Waals surface area contributed by atoms with Crippen molar-refractivity contribution < 1.29 is 4.79 Å². The first-order chi connectivity index (χ1) is 11.8. The van der Waals surface area contributed by atoms with Gasteiger partial charge < -0.3 is 4.90 Å². The van der Waals surface area contributed by atoms with E-state index in [9.17, 15) is 4.79 Å². The molecule has 0 aromatic carbocycles. The van der Waals surface area contributed by atoms with Gasteiger partial charge in [-0.2, -0.15) is 0 Å². The molecule has 0 aromatic rings. The second-order valence-corrected chi connectivity index (χ2v) is 7.42. The first kappa shape index (κ1) is 21.3. The van der Waals surface area contributed by atoms with E-state index in [0.29, 0.717) is 5.91 Å². The lowest BCUT2D eigenvalue weighted by molar-refractivity contribution is -0.130. The van der Waals surface area contributed by atoms with Crippen LogP contribution in [0, 0.1) is 0 Å². The van der Waals surface area contributed by atoms with Gasteiger partial charge in [-0.05, 0) is 44.9 Å². The Kier molecular flexibility index (Phi) is 13.9. The summed E-state index contributed by atoms with van der Waals surface area (Å²) in [5.74, 6) is 0.398. The van der Waals surface area contributed by atoms with Crippen LogP contribution in [-0.4, -0.2) is 23.9 Å². The second kappa shape index (κ2) is 15.7. The van der Waals surface area contributed by atoms with Crippen molar-refractivity contribution in [3.05, 3.63) is 12.2 Å². The first-order valence-corrected chi connectivity index (χ1v) is 10.8. The lowest BCUT2D eigenvalue weighted by Gasteiger charge is -2.14. The van der Waals surface area contributed by atoms with Crippen LogP contribution in [0.5, 0.6) is 0 Å². The molecule has 1 fully saturated rings. The largest absolute Gasteiger partial charge is 0.343 e. The van der Waals surface area contributed by atoms with Gasteiger partial charge in [0.05, 0.1) is 0 Å². The molecular formula is C22H41NO. The molecule has 0 atom stereocenters. The van der Waals surface area contributed by atoms with E-state index in [0.717, 1.165) is 25.9 Å². The minimum Gasteiger partial charge on any atom is -0.343 e. The van der Waals surface area contributed by atoms with Gasteiger partial charge in [-0.3, -0.25) is 4.79 Å². The summed E-state index contributed by atoms with van der Waals surface area (Å²) in [6.07, 6.45) is 25.0. The van der Waals surface area contributed by atoms with E-state index >= 15 is 0 Å². The summed E-state index contributed by atoms with van der Waals surface area (Å²) in [6.45, 7) is 4.28. The Morgan fingerprint density at radius 1 is 0.750 bits per heavy atom. The van der Waals surface area contributed by atoms with E-state index in [1.807, 2.05) is 0 Å². The molecule has 0 radical (unpaired) electrons. The Morgan fingerprint density at radius 3 is 1.83 bits per heavy atom. The fraction of sp³-hybridized carbons (Fsp3) is 0.864. The van der Waals surface area contributed by atoms with Crippen molar-refractivity contribution in [3.8, 4) is 0 Å². The Labute approximate surface area is 151 Å². The molecule has 1 aliphatic heterocycles. The van der Waals surface area contributed by atoms with E-state index in [4.69, 9.17) is 0 Å². The lowest BCUT2D eigenvalue weighted by atomic mass is 10.1. The molecule has 0 N–H and O–H groups in total. The summed E-state index contributed by atoms with van der Waals surface area (Å²) in [6, 6.07) is 0. The van der Waals surface area contributed by atoms with Crippen molar-refractivity contribution in [1.29, 1.82) is 0 Å². The minimum atomic E-state index is 0.398. The maximum absolute atomic E-state index is 11.9. The molecule has 1 aliphatic rings. The van der Waals surface area contributed by atoms with Gasteiger partial charge in [0, 0.05) is 19.5 Å². The van der Waals surface area contributed by atoms with Crippen LogP contribution in [0.1, 0.15) is 110 Å². The molecule has 2 heteroatoms. The van der Waals surface area contributed by atoms with Crippen molar-refractivity contribution in [2.75, 3.05) is 13.1 Å². The summed E-state index contributed by atoms with van der Waals surface area (Å²) in [5, 5.41) is 0. The molecule has 24 heavy (non-hydrogen) atoms. The zero-order valence-electron chi connectivity index (χ0n) is 16.2. The quantitative estimate of drug-likeness (QED) is 0.242. The maximum Gasteiger partial charge on any atom is 0.222 e. The molecular weight excluding hydrogens is 294 g/mol. The normalized spacial score (nSPS) is 14.8. The Morgan fingerprint density at radius 2 is 1.25 bits per heavy atom. The third kappa shape index (κ3) is 11.7. The number of unbranched alkanes of at least 4 members (excludes halogenated alkanes) is 11. The first-order valence-electron chi connectivity index (χ1n) is 10.8. The van der Waals surface area contributed by atoms with Gasteiger partial charge in [0.1, 0.15) is 0 Å². The number of hydrogen-bond donors (Lipinski definition) is 0. The van der Waals surface area contributed by atoms with Gasteiger partial charge in [-0.25, -0.2) is 0 Å². The van der Waals surface area contributed by atoms with Gasteiger partial charge in [-0.15, -0.1) is 0 Å². The lowest BCUT2D eigenvalue weighted by Crippen LogP contribution is -2.27. The maximum atomic E-state index is 11.9. The third-order valence-electron chi connectivity index (χ3n) is 5.11. The number of amides is 1. The average molecular weight is 336 g/mol. The zero-order chi connectivity index (χ0) is 17.3. The summed E-state index contributed by atoms with van der Waals surface area (Å²) < 4.78 is 0. The fourth-order valence-electron chi connectivity index (χ4n) is 3.47. The molecule has 1 heterocycles. The van der Waals surface area contributed by atoms with E-state index in [1.165, 1.54) is 89.9 Å². The molecule has 0 bridgehead atoms. The molecule has 0 saturated carbocycles. The van der Waals surface area contributed by atoms with E-state index < -0.39 is 0 Å². The van der Waals surface area contributed by atoms with E-state index in [1.54, 1.807) is 0 Å². The molecule has 1 rings (SSSR count). The van der Waals surface area contributed by atoms with Gasteiger partial charge in [0.15, 0.2) is 0 Å². The van der Waals surface area contributed by atoms with Crippen molar-refractivity contribution in [3.63, 3.8) is 0 Å². The Bertz CT molecular complexity index is 318. The van der Waals surface area contributed by atoms with E-state index in [-0.39, 0.29) is 0 Å². The topological polar surface area (TPSA) is 20.3 Å². The van der Waals surface area contributed by atoms with Crippen LogP contribution in [0.4, 0.5) is 0 Å². The van der Waals surface area contributed by atoms with Gasteiger partial charge >= 0.3 is 0 Å². The van der Waals surface area contributed by atoms with Crippen LogP contribution >= 0.6 is 0 Å². The van der Waals surface area contributed by atoms with Crippen LogP contribution in [0.3, 0.4) is 0 Å². The molecule has 0 aliphatic carbocycles.